The second-order valence-electron chi connectivity index (χ2n) is 6.73. The van der Waals surface area contributed by atoms with Crippen LogP contribution in [0, 0.1) is 5.82 Å². The van der Waals surface area contributed by atoms with Gasteiger partial charge in [-0.25, -0.2) is 9.07 Å². The molecule has 0 atom stereocenters. The topological polar surface area (TPSA) is 88.9 Å². The zero-order valence-electron chi connectivity index (χ0n) is 16.8. The molecule has 0 aliphatic rings. The van der Waals surface area contributed by atoms with Gasteiger partial charge >= 0.3 is 0 Å². The molecule has 0 saturated carbocycles. The van der Waals surface area contributed by atoms with Crippen molar-refractivity contribution in [1.82, 2.24) is 25.6 Å². The Hall–Kier alpha value is -4.59. The summed E-state index contributed by atoms with van der Waals surface area (Å²) >= 11 is 0. The molecule has 32 heavy (non-hydrogen) atoms. The van der Waals surface area contributed by atoms with Gasteiger partial charge in [-0.1, -0.05) is 18.2 Å². The highest BCUT2D eigenvalue weighted by atomic mass is 19.1. The van der Waals surface area contributed by atoms with Gasteiger partial charge in [0.15, 0.2) is 0 Å². The number of benzene rings is 2. The minimum absolute atomic E-state index is 0.349. The molecule has 0 aliphatic heterocycles. The lowest BCUT2D eigenvalue weighted by molar-refractivity contribution is -0.117. The lowest BCUT2D eigenvalue weighted by Gasteiger charge is -2.04. The molecule has 2 aromatic carbocycles. The SMILES string of the molecule is O=C(C=Cc1cn(-c2ccccc2)nc1-c1ccc(F)cc1)NNC(=O)c1ccncc1. The zero-order chi connectivity index (χ0) is 22.3. The normalized spacial score (nSPS) is 10.8. The number of amides is 2. The van der Waals surface area contributed by atoms with E-state index in [0.717, 1.165) is 5.69 Å². The molecule has 8 heteroatoms. The van der Waals surface area contributed by atoms with Crippen molar-refractivity contribution in [2.75, 3.05) is 0 Å². The first kappa shape index (κ1) is 20.7. The number of halogens is 1. The second kappa shape index (κ2) is 9.48. The minimum Gasteiger partial charge on any atom is -0.268 e. The van der Waals surface area contributed by atoms with Crippen LogP contribution < -0.4 is 10.9 Å². The molecule has 0 spiro atoms. The molecular formula is C24H18FN5O2. The lowest BCUT2D eigenvalue weighted by Crippen LogP contribution is -2.40. The summed E-state index contributed by atoms with van der Waals surface area (Å²) in [6.07, 6.45) is 7.61. The number of hydrazine groups is 1. The first-order valence-corrected chi connectivity index (χ1v) is 9.69. The van der Waals surface area contributed by atoms with Crippen LogP contribution in [0.3, 0.4) is 0 Å². The number of carbonyl (C=O) groups is 2. The minimum atomic E-state index is -0.523. The van der Waals surface area contributed by atoms with Crippen molar-refractivity contribution in [2.45, 2.75) is 0 Å². The smallest absolute Gasteiger partial charge is 0.268 e. The van der Waals surface area contributed by atoms with Crippen molar-refractivity contribution in [3.05, 3.63) is 108 Å². The molecule has 158 valence electrons. The molecule has 2 aromatic heterocycles. The fraction of sp³-hybridized carbons (Fsp3) is 0. The third kappa shape index (κ3) is 4.93. The molecule has 2 amide bonds. The van der Waals surface area contributed by atoms with Crippen molar-refractivity contribution in [1.29, 1.82) is 0 Å². The van der Waals surface area contributed by atoms with Gasteiger partial charge in [0.25, 0.3) is 11.8 Å². The molecular weight excluding hydrogens is 409 g/mol. The van der Waals surface area contributed by atoms with Crippen LogP contribution in [0.25, 0.3) is 23.0 Å². The summed E-state index contributed by atoms with van der Waals surface area (Å²) in [4.78, 5) is 28.1. The first-order chi connectivity index (χ1) is 15.6. The van der Waals surface area contributed by atoms with Crippen LogP contribution in [0.4, 0.5) is 4.39 Å². The van der Waals surface area contributed by atoms with Gasteiger partial charge in [-0.15, -0.1) is 0 Å². The Morgan fingerprint density at radius 1 is 0.906 bits per heavy atom. The quantitative estimate of drug-likeness (QED) is 0.377. The Kier molecular flexibility index (Phi) is 6.12. The van der Waals surface area contributed by atoms with Crippen LogP contribution in [0.5, 0.6) is 0 Å². The van der Waals surface area contributed by atoms with Crippen molar-refractivity contribution < 1.29 is 14.0 Å². The molecule has 4 aromatic rings. The number of rotatable bonds is 5. The highest BCUT2D eigenvalue weighted by Gasteiger charge is 2.11. The molecule has 2 heterocycles. The highest BCUT2D eigenvalue weighted by Crippen LogP contribution is 2.25. The number of aromatic nitrogens is 3. The van der Waals surface area contributed by atoms with Crippen LogP contribution in [-0.2, 0) is 4.79 Å². The average molecular weight is 427 g/mol. The molecule has 2 N–H and O–H groups in total. The van der Waals surface area contributed by atoms with Crippen LogP contribution in [0.1, 0.15) is 15.9 Å². The molecule has 0 unspecified atom stereocenters. The van der Waals surface area contributed by atoms with E-state index in [1.807, 2.05) is 30.3 Å². The van der Waals surface area contributed by atoms with Crippen molar-refractivity contribution in [3.63, 3.8) is 0 Å². The Morgan fingerprint density at radius 3 is 2.34 bits per heavy atom. The molecule has 7 nitrogen and oxygen atoms in total. The van der Waals surface area contributed by atoms with Crippen LogP contribution in [-0.4, -0.2) is 26.6 Å². The molecule has 0 saturated heterocycles. The summed E-state index contributed by atoms with van der Waals surface area (Å²) in [7, 11) is 0. The van der Waals surface area contributed by atoms with Gasteiger partial charge < -0.3 is 0 Å². The van der Waals surface area contributed by atoms with Gasteiger partial charge in [0.1, 0.15) is 5.82 Å². The Morgan fingerprint density at radius 2 is 1.62 bits per heavy atom. The second-order valence-corrected chi connectivity index (χ2v) is 6.73. The third-order valence-corrected chi connectivity index (χ3v) is 4.54. The maximum atomic E-state index is 13.4. The average Bonchev–Trinajstić information content (AvgIpc) is 3.27. The van der Waals surface area contributed by atoms with Crippen LogP contribution in [0.2, 0.25) is 0 Å². The molecule has 0 bridgehead atoms. The summed E-state index contributed by atoms with van der Waals surface area (Å²) in [5.74, 6) is -1.33. The molecule has 0 fully saturated rings. The van der Waals surface area contributed by atoms with E-state index in [9.17, 15) is 14.0 Å². The maximum Gasteiger partial charge on any atom is 0.269 e. The third-order valence-electron chi connectivity index (χ3n) is 4.54. The van der Waals surface area contributed by atoms with E-state index in [1.54, 1.807) is 29.1 Å². The molecule has 0 aliphatic carbocycles. The van der Waals surface area contributed by atoms with Crippen molar-refractivity contribution in [3.8, 4) is 16.9 Å². The van der Waals surface area contributed by atoms with E-state index in [0.29, 0.717) is 22.4 Å². The van der Waals surface area contributed by atoms with E-state index >= 15 is 0 Å². The lowest BCUT2D eigenvalue weighted by atomic mass is 10.1. The Labute approximate surface area is 183 Å². The monoisotopic (exact) mass is 427 g/mol. The summed E-state index contributed by atoms with van der Waals surface area (Å²) in [6, 6.07) is 18.5. The number of carbonyl (C=O) groups excluding carboxylic acids is 2. The van der Waals surface area contributed by atoms with Gasteiger partial charge in [-0.3, -0.25) is 25.4 Å². The predicted octanol–water partition coefficient (Wildman–Crippen LogP) is 3.55. The zero-order valence-corrected chi connectivity index (χ0v) is 16.8. The van der Waals surface area contributed by atoms with E-state index in [1.165, 1.54) is 42.7 Å². The van der Waals surface area contributed by atoms with Crippen LogP contribution >= 0.6 is 0 Å². The fourth-order valence-corrected chi connectivity index (χ4v) is 2.96. The molecule has 0 radical (unpaired) electrons. The number of pyridine rings is 1. The largest absolute Gasteiger partial charge is 0.269 e. The van der Waals surface area contributed by atoms with E-state index in [-0.39, 0.29) is 5.82 Å². The van der Waals surface area contributed by atoms with Crippen molar-refractivity contribution >= 4 is 17.9 Å². The van der Waals surface area contributed by atoms with Gasteiger partial charge in [0.2, 0.25) is 0 Å². The van der Waals surface area contributed by atoms with E-state index < -0.39 is 11.8 Å². The van der Waals surface area contributed by atoms with E-state index in [2.05, 4.69) is 20.9 Å². The Balaban J connectivity index is 1.54. The Bertz CT molecular complexity index is 1250. The molecule has 4 rings (SSSR count). The highest BCUT2D eigenvalue weighted by molar-refractivity contribution is 5.98. The number of hydrogen-bond donors (Lipinski definition) is 2. The number of nitrogens with zero attached hydrogens (tertiary/aromatic N) is 3. The maximum absolute atomic E-state index is 13.4. The van der Waals surface area contributed by atoms with Gasteiger partial charge in [-0.2, -0.15) is 5.10 Å². The van der Waals surface area contributed by atoms with E-state index in [4.69, 9.17) is 0 Å². The predicted molar refractivity (Wildman–Crippen MR) is 118 cm³/mol. The van der Waals surface area contributed by atoms with Crippen molar-refractivity contribution in [2.24, 2.45) is 0 Å². The number of hydrogen-bond acceptors (Lipinski definition) is 4. The van der Waals surface area contributed by atoms with Gasteiger partial charge in [0, 0.05) is 41.4 Å². The summed E-state index contributed by atoms with van der Waals surface area (Å²) in [5, 5.41) is 4.61. The van der Waals surface area contributed by atoms with Crippen LogP contribution in [0.15, 0.2) is 91.4 Å². The summed E-state index contributed by atoms with van der Waals surface area (Å²) in [6.45, 7) is 0. The standard InChI is InChI=1S/C24H18FN5O2/c25-20-9-6-17(7-10-20)23-19(16-30(29-23)21-4-2-1-3-5-21)8-11-22(31)27-28-24(32)18-12-14-26-15-13-18/h1-16H,(H,27,31)(H,28,32). The number of nitrogens with one attached hydrogen (secondary N) is 2. The summed E-state index contributed by atoms with van der Waals surface area (Å²) in [5.41, 5.74) is 7.81. The summed E-state index contributed by atoms with van der Waals surface area (Å²) < 4.78 is 15.1. The fourth-order valence-electron chi connectivity index (χ4n) is 2.96. The van der Waals surface area contributed by atoms with Gasteiger partial charge in [-0.05, 0) is 54.6 Å². The van der Waals surface area contributed by atoms with Gasteiger partial charge in [0.05, 0.1) is 11.4 Å². The first-order valence-electron chi connectivity index (χ1n) is 9.69. The number of para-hydroxylation sites is 1.